The molecule has 188 valence electrons. The zero-order chi connectivity index (χ0) is 24.7. The average Bonchev–Trinajstić information content (AvgIpc) is 3.76. The van der Waals surface area contributed by atoms with Crippen LogP contribution < -0.4 is 9.80 Å². The molecule has 2 aliphatic heterocycles. The minimum absolute atomic E-state index is 0.000711. The fourth-order valence-corrected chi connectivity index (χ4v) is 4.41. The van der Waals surface area contributed by atoms with Gasteiger partial charge >= 0.3 is 12.2 Å². The zero-order valence-electron chi connectivity index (χ0n) is 19.7. The Labute approximate surface area is 202 Å². The van der Waals surface area contributed by atoms with Gasteiger partial charge in [0.25, 0.3) is 0 Å². The maximum Gasteiger partial charge on any atom is 0.416 e. The summed E-state index contributed by atoms with van der Waals surface area (Å²) >= 11 is 0. The first-order valence-corrected chi connectivity index (χ1v) is 12.1. The van der Waals surface area contributed by atoms with Crippen molar-refractivity contribution in [1.82, 2.24) is 9.80 Å². The summed E-state index contributed by atoms with van der Waals surface area (Å²) in [4.78, 5) is 55.2. The number of cyclic esters (lactones) is 1. The number of hydrogen-bond donors (Lipinski definition) is 0. The number of carbonyl (C=O) groups is 4. The minimum Gasteiger partial charge on any atom is -0.446 e. The molecule has 2 heterocycles. The fourth-order valence-electron chi connectivity index (χ4n) is 4.41. The highest BCUT2D eigenvalue weighted by Crippen LogP contribution is 2.33. The maximum absolute atomic E-state index is 15.0. The Morgan fingerprint density at radius 2 is 1.83 bits per heavy atom. The average molecular weight is 489 g/mol. The van der Waals surface area contributed by atoms with Crippen LogP contribution in [0, 0.1) is 11.7 Å². The molecule has 0 N–H and O–H groups in total. The molecule has 4 aliphatic rings. The summed E-state index contributed by atoms with van der Waals surface area (Å²) in [5.74, 6) is -0.964. The van der Waals surface area contributed by atoms with Gasteiger partial charge in [0.05, 0.1) is 24.5 Å². The molecule has 2 saturated heterocycles. The van der Waals surface area contributed by atoms with Crippen molar-refractivity contribution in [2.45, 2.75) is 44.8 Å². The summed E-state index contributed by atoms with van der Waals surface area (Å²) in [6.07, 6.45) is 0.807. The Morgan fingerprint density at radius 3 is 2.43 bits per heavy atom. The van der Waals surface area contributed by atoms with Crippen LogP contribution in [0.5, 0.6) is 0 Å². The number of hydrogen-bond acceptors (Lipinski definition) is 7. The molecule has 5 rings (SSSR count). The molecule has 1 aromatic carbocycles. The summed E-state index contributed by atoms with van der Waals surface area (Å²) in [7, 11) is 0. The Morgan fingerprint density at radius 1 is 1.11 bits per heavy atom. The third-order valence-electron chi connectivity index (χ3n) is 6.77. The highest BCUT2D eigenvalue weighted by molar-refractivity contribution is 5.95. The van der Waals surface area contributed by atoms with Crippen LogP contribution in [0.25, 0.3) is 0 Å². The van der Waals surface area contributed by atoms with E-state index in [-0.39, 0.29) is 36.9 Å². The van der Waals surface area contributed by atoms with Crippen LogP contribution in [0.1, 0.15) is 32.6 Å². The fraction of sp³-hybridized carbons (Fsp3) is 0.583. The highest BCUT2D eigenvalue weighted by Gasteiger charge is 2.42. The van der Waals surface area contributed by atoms with Crippen LogP contribution >= 0.6 is 0 Å². The molecule has 10 nitrogen and oxygen atoms in total. The lowest BCUT2D eigenvalue weighted by molar-refractivity contribution is -0.132. The Kier molecular flexibility index (Phi) is 6.24. The highest BCUT2D eigenvalue weighted by atomic mass is 19.1. The molecule has 0 radical (unpaired) electrons. The minimum atomic E-state index is -0.737. The Balaban J connectivity index is 1.23. The smallest absolute Gasteiger partial charge is 0.416 e. The lowest BCUT2D eigenvalue weighted by Gasteiger charge is -2.35. The van der Waals surface area contributed by atoms with Crippen LogP contribution in [0.2, 0.25) is 0 Å². The van der Waals surface area contributed by atoms with E-state index >= 15 is 0 Å². The largest absolute Gasteiger partial charge is 0.446 e. The molecule has 0 bridgehead atoms. The molecule has 11 heteroatoms. The first-order valence-electron chi connectivity index (χ1n) is 12.1. The number of carbonyl (C=O) groups excluding carboxylic acids is 4. The molecular weight excluding hydrogens is 459 g/mol. The standard InChI is InChI=1S/C24H29FN4O6/c1-15(30)26-8-10-27(11-9-26)21-7-4-17(12-20(21)25)28-13-19(35-23(28)32)14-29(22(31)16-2-3-16)24(33)34-18-5-6-18/h4,7,12,16,18-19H,2-3,5-6,8-11,13-14H2,1H3/t19-/m1/s1. The molecule has 4 fully saturated rings. The first kappa shape index (κ1) is 23.4. The van der Waals surface area contributed by atoms with E-state index in [1.165, 1.54) is 17.9 Å². The van der Waals surface area contributed by atoms with Crippen LogP contribution in [0.4, 0.5) is 25.4 Å². The second kappa shape index (κ2) is 9.35. The number of ether oxygens (including phenoxy) is 2. The third kappa shape index (κ3) is 5.18. The van der Waals surface area contributed by atoms with Crippen molar-refractivity contribution in [2.75, 3.05) is 49.1 Å². The van der Waals surface area contributed by atoms with Gasteiger partial charge in [0, 0.05) is 39.0 Å². The summed E-state index contributed by atoms with van der Waals surface area (Å²) in [6, 6.07) is 4.54. The second-order valence-electron chi connectivity index (χ2n) is 9.55. The van der Waals surface area contributed by atoms with E-state index < -0.39 is 24.1 Å². The molecule has 1 aromatic rings. The summed E-state index contributed by atoms with van der Waals surface area (Å²) in [5.41, 5.74) is 0.742. The first-order chi connectivity index (χ1) is 16.8. The van der Waals surface area contributed by atoms with Gasteiger partial charge in [-0.25, -0.2) is 18.9 Å². The lowest BCUT2D eigenvalue weighted by Crippen LogP contribution is -2.48. The maximum atomic E-state index is 15.0. The van der Waals surface area contributed by atoms with Crippen molar-refractivity contribution in [3.8, 4) is 0 Å². The molecule has 4 amide bonds. The third-order valence-corrected chi connectivity index (χ3v) is 6.77. The van der Waals surface area contributed by atoms with E-state index in [1.807, 2.05) is 4.90 Å². The number of piperazine rings is 1. The summed E-state index contributed by atoms with van der Waals surface area (Å²) in [6.45, 7) is 3.59. The predicted molar refractivity (Wildman–Crippen MR) is 122 cm³/mol. The molecule has 1 atom stereocenters. The molecular formula is C24H29FN4O6. The molecule has 0 spiro atoms. The van der Waals surface area contributed by atoms with Crippen LogP contribution in [0.15, 0.2) is 18.2 Å². The van der Waals surface area contributed by atoms with Crippen molar-refractivity contribution < 1.29 is 33.0 Å². The van der Waals surface area contributed by atoms with Crippen LogP contribution in [0.3, 0.4) is 0 Å². The topological polar surface area (TPSA) is 99.7 Å². The molecule has 0 unspecified atom stereocenters. The van der Waals surface area contributed by atoms with Gasteiger partial charge in [-0.05, 0) is 43.9 Å². The van der Waals surface area contributed by atoms with E-state index in [9.17, 15) is 23.6 Å². The van der Waals surface area contributed by atoms with Crippen molar-refractivity contribution in [1.29, 1.82) is 0 Å². The number of anilines is 2. The van der Waals surface area contributed by atoms with Gasteiger partial charge in [-0.15, -0.1) is 0 Å². The van der Waals surface area contributed by atoms with Gasteiger partial charge in [0.2, 0.25) is 11.8 Å². The molecule has 2 aliphatic carbocycles. The summed E-state index contributed by atoms with van der Waals surface area (Å²) in [5, 5.41) is 0. The Hall–Kier alpha value is -3.37. The van der Waals surface area contributed by atoms with Crippen LogP contribution in [-0.2, 0) is 19.1 Å². The molecule has 2 saturated carbocycles. The van der Waals surface area contributed by atoms with Crippen LogP contribution in [-0.4, -0.2) is 85.3 Å². The van der Waals surface area contributed by atoms with E-state index in [0.29, 0.717) is 37.6 Å². The SMILES string of the molecule is CC(=O)N1CCN(c2ccc(N3C[C@H](CN(C(=O)OC4CC4)C(=O)C4CC4)OC3=O)cc2F)CC1. The molecule has 0 aromatic heterocycles. The predicted octanol–water partition coefficient (Wildman–Crippen LogP) is 2.36. The quantitative estimate of drug-likeness (QED) is 0.606. The van der Waals surface area contributed by atoms with Gasteiger partial charge in [0.15, 0.2) is 0 Å². The number of imide groups is 1. The van der Waals surface area contributed by atoms with E-state index in [0.717, 1.165) is 30.6 Å². The van der Waals surface area contributed by atoms with Gasteiger partial charge in [-0.2, -0.15) is 0 Å². The van der Waals surface area contributed by atoms with E-state index in [4.69, 9.17) is 9.47 Å². The Bertz CT molecular complexity index is 1030. The zero-order valence-corrected chi connectivity index (χ0v) is 19.7. The number of nitrogens with zero attached hydrogens (tertiary/aromatic N) is 4. The second-order valence-corrected chi connectivity index (χ2v) is 9.55. The van der Waals surface area contributed by atoms with Gasteiger partial charge < -0.3 is 19.3 Å². The van der Waals surface area contributed by atoms with E-state index in [2.05, 4.69) is 0 Å². The van der Waals surface area contributed by atoms with Gasteiger partial charge in [-0.3, -0.25) is 14.5 Å². The van der Waals surface area contributed by atoms with Gasteiger partial charge in [-0.1, -0.05) is 0 Å². The van der Waals surface area contributed by atoms with Crippen molar-refractivity contribution in [2.24, 2.45) is 5.92 Å². The normalized spacial score (nSPS) is 22.2. The number of rotatable bonds is 6. The number of amides is 4. The van der Waals surface area contributed by atoms with Crippen molar-refractivity contribution in [3.63, 3.8) is 0 Å². The summed E-state index contributed by atoms with van der Waals surface area (Å²) < 4.78 is 25.7. The lowest BCUT2D eigenvalue weighted by atomic mass is 10.2. The monoisotopic (exact) mass is 488 g/mol. The number of benzene rings is 1. The van der Waals surface area contributed by atoms with Gasteiger partial charge in [0.1, 0.15) is 18.0 Å². The molecule has 35 heavy (non-hydrogen) atoms. The van der Waals surface area contributed by atoms with Crippen molar-refractivity contribution >= 4 is 35.4 Å². The number of halogens is 1. The van der Waals surface area contributed by atoms with Crippen molar-refractivity contribution in [3.05, 3.63) is 24.0 Å². The van der Waals surface area contributed by atoms with E-state index in [1.54, 1.807) is 17.0 Å².